The molecule has 2 aliphatic rings. The largest absolute Gasteiger partial charge is 0.496 e. The molecular weight excluding hydrogens is 312 g/mol. The van der Waals surface area contributed by atoms with Crippen molar-refractivity contribution in [3.63, 3.8) is 0 Å². The Bertz CT molecular complexity index is 813. The Morgan fingerprint density at radius 1 is 1.08 bits per heavy atom. The smallest absolute Gasteiger partial charge is 0.231 e. The quantitative estimate of drug-likeness (QED) is 0.862. The summed E-state index contributed by atoms with van der Waals surface area (Å²) in [6.07, 6.45) is -0.227. The zero-order valence-electron chi connectivity index (χ0n) is 13.3. The van der Waals surface area contributed by atoms with Crippen molar-refractivity contribution in [2.45, 2.75) is 12.5 Å². The average Bonchev–Trinajstić information content (AvgIpc) is 3.07. The molecule has 2 aliphatic heterocycles. The Kier molecular flexibility index (Phi) is 3.45. The van der Waals surface area contributed by atoms with Crippen molar-refractivity contribution in [1.29, 1.82) is 0 Å². The lowest BCUT2D eigenvalue weighted by Gasteiger charge is -2.27. The van der Waals surface area contributed by atoms with Gasteiger partial charge in [-0.25, -0.2) is 0 Å². The second kappa shape index (κ2) is 5.63. The number of carbonyl (C=O) groups is 1. The molecule has 0 unspecified atom stereocenters. The van der Waals surface area contributed by atoms with Crippen LogP contribution in [0.25, 0.3) is 0 Å². The van der Waals surface area contributed by atoms with Crippen molar-refractivity contribution in [2.75, 3.05) is 21.0 Å². The van der Waals surface area contributed by atoms with Crippen LogP contribution in [0.1, 0.15) is 28.4 Å². The number of methoxy groups -OCH3 is 2. The molecule has 6 heteroatoms. The van der Waals surface area contributed by atoms with Gasteiger partial charge in [0.1, 0.15) is 23.2 Å². The molecule has 24 heavy (non-hydrogen) atoms. The SMILES string of the molecule is COc1ccccc1[C@@H]1CC(=O)c2c(cc3c(c2OC)OCO3)O1. The molecule has 0 aliphatic carbocycles. The van der Waals surface area contributed by atoms with Crippen LogP contribution in [0.15, 0.2) is 30.3 Å². The van der Waals surface area contributed by atoms with Crippen molar-refractivity contribution in [3.05, 3.63) is 41.5 Å². The topological polar surface area (TPSA) is 63.2 Å². The molecule has 0 spiro atoms. The third kappa shape index (κ3) is 2.14. The molecule has 0 aromatic heterocycles. The number of ether oxygens (including phenoxy) is 5. The molecule has 0 saturated carbocycles. The van der Waals surface area contributed by atoms with E-state index >= 15 is 0 Å². The van der Waals surface area contributed by atoms with Crippen LogP contribution in [0.3, 0.4) is 0 Å². The summed E-state index contributed by atoms with van der Waals surface area (Å²) in [5.74, 6) is 2.38. The van der Waals surface area contributed by atoms with Crippen LogP contribution in [-0.2, 0) is 0 Å². The number of rotatable bonds is 3. The van der Waals surface area contributed by atoms with E-state index in [1.807, 2.05) is 24.3 Å². The summed E-state index contributed by atoms with van der Waals surface area (Å²) < 4.78 is 27.7. The normalized spacial score (nSPS) is 17.9. The van der Waals surface area contributed by atoms with Gasteiger partial charge in [-0.3, -0.25) is 4.79 Å². The first-order valence-corrected chi connectivity index (χ1v) is 7.56. The van der Waals surface area contributed by atoms with Gasteiger partial charge in [-0.1, -0.05) is 18.2 Å². The molecule has 0 amide bonds. The molecule has 6 nitrogen and oxygen atoms in total. The van der Waals surface area contributed by atoms with Gasteiger partial charge in [0, 0.05) is 11.6 Å². The predicted molar refractivity (Wildman–Crippen MR) is 84.4 cm³/mol. The first kappa shape index (κ1) is 14.7. The van der Waals surface area contributed by atoms with Crippen molar-refractivity contribution >= 4 is 5.78 Å². The van der Waals surface area contributed by atoms with Gasteiger partial charge in [-0.15, -0.1) is 0 Å². The minimum absolute atomic E-state index is 0.0673. The maximum Gasteiger partial charge on any atom is 0.231 e. The monoisotopic (exact) mass is 328 g/mol. The number of para-hydroxylation sites is 1. The summed E-state index contributed by atoms with van der Waals surface area (Å²) >= 11 is 0. The minimum atomic E-state index is -0.425. The van der Waals surface area contributed by atoms with E-state index < -0.39 is 6.10 Å². The maximum absolute atomic E-state index is 12.8. The van der Waals surface area contributed by atoms with Crippen molar-refractivity contribution < 1.29 is 28.5 Å². The molecule has 1 atom stereocenters. The van der Waals surface area contributed by atoms with Gasteiger partial charge in [0.05, 0.1) is 20.6 Å². The highest BCUT2D eigenvalue weighted by Gasteiger charge is 2.36. The summed E-state index contributed by atoms with van der Waals surface area (Å²) in [5.41, 5.74) is 1.23. The lowest BCUT2D eigenvalue weighted by atomic mass is 9.94. The van der Waals surface area contributed by atoms with Crippen LogP contribution >= 0.6 is 0 Å². The number of hydrogen-bond donors (Lipinski definition) is 0. The molecular formula is C18H16O6. The van der Waals surface area contributed by atoms with E-state index in [2.05, 4.69) is 0 Å². The van der Waals surface area contributed by atoms with Gasteiger partial charge < -0.3 is 23.7 Å². The molecule has 2 aromatic carbocycles. The van der Waals surface area contributed by atoms with Gasteiger partial charge in [-0.05, 0) is 6.07 Å². The molecule has 0 saturated heterocycles. The number of benzene rings is 2. The average molecular weight is 328 g/mol. The van der Waals surface area contributed by atoms with E-state index in [0.717, 1.165) is 5.56 Å². The molecule has 0 N–H and O–H groups in total. The third-order valence-corrected chi connectivity index (χ3v) is 4.19. The lowest BCUT2D eigenvalue weighted by molar-refractivity contribution is 0.0841. The van der Waals surface area contributed by atoms with Crippen molar-refractivity contribution in [1.82, 2.24) is 0 Å². The number of carbonyl (C=O) groups excluding carboxylic acids is 1. The summed E-state index contributed by atoms with van der Waals surface area (Å²) in [7, 11) is 3.09. The molecule has 0 fully saturated rings. The van der Waals surface area contributed by atoms with Gasteiger partial charge >= 0.3 is 0 Å². The zero-order valence-corrected chi connectivity index (χ0v) is 13.3. The Morgan fingerprint density at radius 3 is 2.71 bits per heavy atom. The van der Waals surface area contributed by atoms with Crippen LogP contribution < -0.4 is 23.7 Å². The van der Waals surface area contributed by atoms with E-state index in [9.17, 15) is 4.79 Å². The fourth-order valence-electron chi connectivity index (χ4n) is 3.11. The van der Waals surface area contributed by atoms with Crippen molar-refractivity contribution in [2.24, 2.45) is 0 Å². The van der Waals surface area contributed by atoms with Gasteiger partial charge in [0.25, 0.3) is 0 Å². The predicted octanol–water partition coefficient (Wildman–Crippen LogP) is 3.14. The Morgan fingerprint density at radius 2 is 1.92 bits per heavy atom. The highest BCUT2D eigenvalue weighted by atomic mass is 16.7. The van der Waals surface area contributed by atoms with Gasteiger partial charge in [-0.2, -0.15) is 0 Å². The summed E-state index contributed by atoms with van der Waals surface area (Å²) in [4.78, 5) is 12.8. The minimum Gasteiger partial charge on any atom is -0.496 e. The van der Waals surface area contributed by atoms with E-state index in [1.165, 1.54) is 7.11 Å². The second-order valence-electron chi connectivity index (χ2n) is 5.49. The fourth-order valence-corrected chi connectivity index (χ4v) is 3.11. The van der Waals surface area contributed by atoms with Gasteiger partial charge in [0.2, 0.25) is 12.5 Å². The van der Waals surface area contributed by atoms with Crippen LogP contribution in [0.4, 0.5) is 0 Å². The number of hydrogen-bond acceptors (Lipinski definition) is 6. The number of Topliss-reactive ketones (excluding diaryl/α,β-unsaturated/α-hetero) is 1. The van der Waals surface area contributed by atoms with Crippen LogP contribution in [0.2, 0.25) is 0 Å². The molecule has 2 heterocycles. The highest BCUT2D eigenvalue weighted by molar-refractivity contribution is 6.04. The summed E-state index contributed by atoms with van der Waals surface area (Å²) in [5, 5.41) is 0. The lowest BCUT2D eigenvalue weighted by Crippen LogP contribution is -2.21. The molecule has 2 aromatic rings. The standard InChI is InChI=1S/C18H16O6/c1-20-12-6-4-3-5-10(12)13-7-11(19)16-14(24-13)8-15-17(18(16)21-2)23-9-22-15/h3-6,8,13H,7,9H2,1-2H3/t13-/m0/s1. The molecule has 124 valence electrons. The third-order valence-electron chi connectivity index (χ3n) is 4.19. The molecule has 0 radical (unpaired) electrons. The molecule has 4 rings (SSSR count). The second-order valence-corrected chi connectivity index (χ2v) is 5.49. The van der Waals surface area contributed by atoms with Crippen LogP contribution in [-0.4, -0.2) is 26.8 Å². The van der Waals surface area contributed by atoms with Crippen molar-refractivity contribution in [3.8, 4) is 28.7 Å². The highest BCUT2D eigenvalue weighted by Crippen LogP contribution is 2.51. The van der Waals surface area contributed by atoms with E-state index in [-0.39, 0.29) is 19.0 Å². The fraction of sp³-hybridized carbons (Fsp3) is 0.278. The Balaban J connectivity index is 1.80. The van der Waals surface area contributed by atoms with E-state index in [1.54, 1.807) is 13.2 Å². The maximum atomic E-state index is 12.8. The first-order chi connectivity index (χ1) is 11.7. The Hall–Kier alpha value is -2.89. The van der Waals surface area contributed by atoms with Gasteiger partial charge in [0.15, 0.2) is 17.3 Å². The number of fused-ring (bicyclic) bond motifs is 2. The van der Waals surface area contributed by atoms with Crippen LogP contribution in [0, 0.1) is 0 Å². The molecule has 0 bridgehead atoms. The van der Waals surface area contributed by atoms with E-state index in [4.69, 9.17) is 23.7 Å². The zero-order chi connectivity index (χ0) is 16.7. The van der Waals surface area contributed by atoms with Crippen LogP contribution in [0.5, 0.6) is 28.7 Å². The summed E-state index contributed by atoms with van der Waals surface area (Å²) in [6.45, 7) is 0.0959. The number of ketones is 1. The summed E-state index contributed by atoms with van der Waals surface area (Å²) in [6, 6.07) is 9.19. The Labute approximate surface area is 138 Å². The first-order valence-electron chi connectivity index (χ1n) is 7.56. The van der Waals surface area contributed by atoms with E-state index in [0.29, 0.717) is 34.3 Å².